The Morgan fingerprint density at radius 2 is 1.58 bits per heavy atom. The third-order valence-corrected chi connectivity index (χ3v) is 6.76. The Balaban J connectivity index is 1.42. The largest absolute Gasteiger partial charge is 0.488 e. The van der Waals surface area contributed by atoms with Gasteiger partial charge in [-0.25, -0.2) is 4.79 Å². The summed E-state index contributed by atoms with van der Waals surface area (Å²) >= 11 is 0. The van der Waals surface area contributed by atoms with Gasteiger partial charge < -0.3 is 13.9 Å². The molecule has 1 fully saturated rings. The van der Waals surface area contributed by atoms with Crippen LogP contribution in [0.2, 0.25) is 0 Å². The number of nitrogens with zero attached hydrogens (tertiary/aromatic N) is 1. The van der Waals surface area contributed by atoms with Crippen molar-refractivity contribution in [3.8, 4) is 5.75 Å². The Bertz CT molecular complexity index is 1430. The molecule has 0 spiro atoms. The normalized spacial score (nSPS) is 15.3. The minimum Gasteiger partial charge on any atom is -0.488 e. The molecule has 6 heteroatoms. The van der Waals surface area contributed by atoms with Gasteiger partial charge in [-0.2, -0.15) is 0 Å². The molecule has 1 atom stereocenters. The van der Waals surface area contributed by atoms with Crippen LogP contribution in [-0.2, 0) is 18.0 Å². The van der Waals surface area contributed by atoms with Crippen LogP contribution in [0.4, 0.5) is 4.79 Å². The molecule has 1 saturated heterocycles. The first-order valence-corrected chi connectivity index (χ1v) is 12.2. The van der Waals surface area contributed by atoms with Gasteiger partial charge in [0.1, 0.15) is 30.3 Å². The summed E-state index contributed by atoms with van der Waals surface area (Å²) < 4.78 is 18.0. The van der Waals surface area contributed by atoms with Crippen LogP contribution in [0, 0.1) is 13.8 Å². The highest BCUT2D eigenvalue weighted by atomic mass is 16.6. The van der Waals surface area contributed by atoms with Crippen molar-refractivity contribution in [2.45, 2.75) is 45.9 Å². The second-order valence-electron chi connectivity index (χ2n) is 9.15. The number of rotatable bonds is 6. The van der Waals surface area contributed by atoms with Gasteiger partial charge in [-0.05, 0) is 49.9 Å². The molecule has 0 saturated carbocycles. The fourth-order valence-corrected chi connectivity index (χ4v) is 4.75. The molecule has 0 aliphatic carbocycles. The van der Waals surface area contributed by atoms with Crippen LogP contribution < -0.4 is 10.2 Å². The van der Waals surface area contributed by atoms with E-state index in [9.17, 15) is 9.59 Å². The molecular formula is C30H29NO5. The Morgan fingerprint density at radius 1 is 0.917 bits per heavy atom. The minimum absolute atomic E-state index is 0.0894. The minimum atomic E-state index is -0.403. The van der Waals surface area contributed by atoms with E-state index in [1.165, 1.54) is 0 Å². The summed E-state index contributed by atoms with van der Waals surface area (Å²) in [6.45, 7) is 4.83. The number of ether oxygens (including phenoxy) is 2. The molecule has 1 aliphatic heterocycles. The maximum absolute atomic E-state index is 13.3. The summed E-state index contributed by atoms with van der Waals surface area (Å²) in [7, 11) is 0. The number of likely N-dealkylation sites (tertiary alicyclic amines) is 1. The Labute approximate surface area is 210 Å². The highest BCUT2D eigenvalue weighted by molar-refractivity contribution is 5.82. The van der Waals surface area contributed by atoms with Crippen molar-refractivity contribution < 1.29 is 18.7 Å². The number of hydrogen-bond donors (Lipinski definition) is 0. The van der Waals surface area contributed by atoms with Gasteiger partial charge in [-0.15, -0.1) is 0 Å². The zero-order chi connectivity index (χ0) is 25.1. The first-order chi connectivity index (χ1) is 17.5. The van der Waals surface area contributed by atoms with E-state index < -0.39 is 6.09 Å². The summed E-state index contributed by atoms with van der Waals surface area (Å²) in [4.78, 5) is 27.9. The van der Waals surface area contributed by atoms with Gasteiger partial charge in [0.05, 0.1) is 11.4 Å². The average molecular weight is 484 g/mol. The second kappa shape index (κ2) is 10.3. The van der Waals surface area contributed by atoms with E-state index in [0.717, 1.165) is 23.1 Å². The van der Waals surface area contributed by atoms with Crippen LogP contribution in [0.25, 0.3) is 11.0 Å². The predicted octanol–water partition coefficient (Wildman–Crippen LogP) is 6.46. The lowest BCUT2D eigenvalue weighted by atomic mass is 10.0. The van der Waals surface area contributed by atoms with Crippen molar-refractivity contribution in [2.75, 3.05) is 6.54 Å². The summed E-state index contributed by atoms with van der Waals surface area (Å²) in [5, 5.41) is 0.511. The molecule has 0 N–H and O–H groups in total. The van der Waals surface area contributed by atoms with E-state index in [2.05, 4.69) is 0 Å². The van der Waals surface area contributed by atoms with Gasteiger partial charge in [0.2, 0.25) is 0 Å². The van der Waals surface area contributed by atoms with E-state index in [0.29, 0.717) is 47.6 Å². The number of hydrogen-bond acceptors (Lipinski definition) is 5. The summed E-state index contributed by atoms with van der Waals surface area (Å²) in [6, 6.07) is 22.7. The molecule has 2 heterocycles. The summed E-state index contributed by atoms with van der Waals surface area (Å²) in [6.07, 6.45) is 1.12. The van der Waals surface area contributed by atoms with E-state index in [1.807, 2.05) is 73.7 Å². The van der Waals surface area contributed by atoms with Crippen LogP contribution in [0.15, 0.2) is 82.0 Å². The smallest absolute Gasteiger partial charge is 0.410 e. The standard InChI is InChI=1S/C30H29NO5/c1-20-26(34-18-22-10-5-3-6-11-22)16-15-24-27(32)21(2)29(36-28(20)24)25-14-9-17-31(25)30(33)35-19-23-12-7-4-8-13-23/h3-8,10-13,15-16,25H,9,14,17-19H2,1-2H3/t25-/m0/s1. The number of amides is 1. The van der Waals surface area contributed by atoms with Crippen LogP contribution >= 0.6 is 0 Å². The Hall–Kier alpha value is -4.06. The lowest BCUT2D eigenvalue weighted by Crippen LogP contribution is -2.32. The molecule has 1 amide bonds. The van der Waals surface area contributed by atoms with Crippen molar-refractivity contribution in [2.24, 2.45) is 0 Å². The first kappa shape index (κ1) is 23.7. The van der Waals surface area contributed by atoms with Crippen molar-refractivity contribution >= 4 is 17.1 Å². The molecule has 6 nitrogen and oxygen atoms in total. The van der Waals surface area contributed by atoms with Crippen LogP contribution in [-0.4, -0.2) is 17.5 Å². The molecule has 3 aromatic carbocycles. The molecule has 184 valence electrons. The van der Waals surface area contributed by atoms with Crippen molar-refractivity contribution in [3.63, 3.8) is 0 Å². The van der Waals surface area contributed by atoms with E-state index in [4.69, 9.17) is 13.9 Å². The molecule has 4 aromatic rings. The number of aryl methyl sites for hydroxylation is 1. The van der Waals surface area contributed by atoms with Gasteiger partial charge >= 0.3 is 6.09 Å². The van der Waals surface area contributed by atoms with E-state index >= 15 is 0 Å². The predicted molar refractivity (Wildman–Crippen MR) is 138 cm³/mol. The molecule has 0 unspecified atom stereocenters. The van der Waals surface area contributed by atoms with Crippen molar-refractivity contribution in [1.82, 2.24) is 4.90 Å². The second-order valence-corrected chi connectivity index (χ2v) is 9.15. The number of carbonyl (C=O) groups is 1. The van der Waals surface area contributed by atoms with Gasteiger partial charge in [0, 0.05) is 17.7 Å². The third kappa shape index (κ3) is 4.71. The van der Waals surface area contributed by atoms with E-state index in [1.54, 1.807) is 17.9 Å². The molecule has 36 heavy (non-hydrogen) atoms. The zero-order valence-corrected chi connectivity index (χ0v) is 20.5. The lowest BCUT2D eigenvalue weighted by Gasteiger charge is -2.25. The lowest BCUT2D eigenvalue weighted by molar-refractivity contribution is 0.0886. The molecule has 0 bridgehead atoms. The summed E-state index contributed by atoms with van der Waals surface area (Å²) in [5.74, 6) is 1.18. The quantitative estimate of drug-likeness (QED) is 0.315. The molecule has 1 aliphatic rings. The maximum atomic E-state index is 13.3. The van der Waals surface area contributed by atoms with Crippen LogP contribution in [0.3, 0.4) is 0 Å². The number of fused-ring (bicyclic) bond motifs is 1. The van der Waals surface area contributed by atoms with Gasteiger partial charge in [-0.1, -0.05) is 60.7 Å². The molecular weight excluding hydrogens is 454 g/mol. The average Bonchev–Trinajstić information content (AvgIpc) is 3.40. The first-order valence-electron chi connectivity index (χ1n) is 12.2. The van der Waals surface area contributed by atoms with Gasteiger partial charge in [0.15, 0.2) is 5.43 Å². The van der Waals surface area contributed by atoms with Crippen molar-refractivity contribution in [1.29, 1.82) is 0 Å². The number of benzene rings is 3. The van der Waals surface area contributed by atoms with Gasteiger partial charge in [-0.3, -0.25) is 9.69 Å². The third-order valence-electron chi connectivity index (χ3n) is 6.76. The highest BCUT2D eigenvalue weighted by Crippen LogP contribution is 2.36. The van der Waals surface area contributed by atoms with Gasteiger partial charge in [0.25, 0.3) is 0 Å². The topological polar surface area (TPSA) is 69.0 Å². The van der Waals surface area contributed by atoms with Crippen LogP contribution in [0.1, 0.15) is 46.9 Å². The van der Waals surface area contributed by atoms with Crippen LogP contribution in [0.5, 0.6) is 5.75 Å². The fourth-order valence-electron chi connectivity index (χ4n) is 4.75. The van der Waals surface area contributed by atoms with Crippen molar-refractivity contribution in [3.05, 3.63) is 111 Å². The Morgan fingerprint density at radius 3 is 2.28 bits per heavy atom. The fraction of sp³-hybridized carbons (Fsp3) is 0.267. The Kier molecular flexibility index (Phi) is 6.76. The monoisotopic (exact) mass is 483 g/mol. The SMILES string of the molecule is Cc1c([C@@H]2CCCN2C(=O)OCc2ccccc2)oc2c(C)c(OCc3ccccc3)ccc2c1=O. The highest BCUT2D eigenvalue weighted by Gasteiger charge is 2.35. The van der Waals surface area contributed by atoms with E-state index in [-0.39, 0.29) is 18.1 Å². The molecule has 1 aromatic heterocycles. The zero-order valence-electron chi connectivity index (χ0n) is 20.5. The maximum Gasteiger partial charge on any atom is 0.410 e. The number of carbonyl (C=O) groups excluding carboxylic acids is 1. The molecule has 5 rings (SSSR count). The molecule has 0 radical (unpaired) electrons. The summed E-state index contributed by atoms with van der Waals surface area (Å²) in [5.41, 5.74) is 3.67.